The van der Waals surface area contributed by atoms with Gasteiger partial charge in [0.2, 0.25) is 6.79 Å². The molecule has 0 bridgehead atoms. The number of hydrogen-bond donors (Lipinski definition) is 1. The summed E-state index contributed by atoms with van der Waals surface area (Å²) in [5.74, 6) is 1.54. The van der Waals surface area contributed by atoms with Crippen molar-refractivity contribution in [1.82, 2.24) is 0 Å². The Morgan fingerprint density at radius 3 is 2.56 bits per heavy atom. The standard InChI is InChI=1S/C14H17NO3/c1-9-5-11-12(18-8-17-11)6-10(9)13(16)14(7-15)3-2-4-14/h5-6H,2-4,7-8,15H2,1H3. The van der Waals surface area contributed by atoms with E-state index in [1.54, 1.807) is 6.07 Å². The van der Waals surface area contributed by atoms with Crippen LogP contribution >= 0.6 is 0 Å². The minimum absolute atomic E-state index is 0.159. The number of nitrogens with two attached hydrogens (primary N) is 1. The number of carbonyl (C=O) groups is 1. The third kappa shape index (κ3) is 1.52. The highest BCUT2D eigenvalue weighted by atomic mass is 16.7. The zero-order chi connectivity index (χ0) is 12.8. The molecule has 1 saturated carbocycles. The molecule has 0 unspecified atom stereocenters. The summed E-state index contributed by atoms with van der Waals surface area (Å²) >= 11 is 0. The molecule has 1 aromatic rings. The minimum Gasteiger partial charge on any atom is -0.454 e. The van der Waals surface area contributed by atoms with Gasteiger partial charge in [0, 0.05) is 17.5 Å². The van der Waals surface area contributed by atoms with E-state index in [-0.39, 0.29) is 18.0 Å². The van der Waals surface area contributed by atoms with E-state index in [9.17, 15) is 4.79 Å². The Morgan fingerprint density at radius 2 is 2.00 bits per heavy atom. The van der Waals surface area contributed by atoms with Crippen molar-refractivity contribution < 1.29 is 14.3 Å². The van der Waals surface area contributed by atoms with Crippen molar-refractivity contribution >= 4 is 5.78 Å². The van der Waals surface area contributed by atoms with Crippen LogP contribution in [0.2, 0.25) is 0 Å². The molecule has 4 nitrogen and oxygen atoms in total. The Bertz CT molecular complexity index is 500. The summed E-state index contributed by atoms with van der Waals surface area (Å²) in [5.41, 5.74) is 7.12. The van der Waals surface area contributed by atoms with Crippen molar-refractivity contribution in [2.75, 3.05) is 13.3 Å². The van der Waals surface area contributed by atoms with Crippen LogP contribution in [0.1, 0.15) is 35.2 Å². The molecule has 0 radical (unpaired) electrons. The van der Waals surface area contributed by atoms with Crippen LogP contribution in [0.5, 0.6) is 11.5 Å². The Morgan fingerprint density at radius 1 is 1.33 bits per heavy atom. The fourth-order valence-corrected chi connectivity index (χ4v) is 2.70. The second-order valence-corrected chi connectivity index (χ2v) is 5.19. The highest BCUT2D eigenvalue weighted by Gasteiger charge is 2.43. The summed E-state index contributed by atoms with van der Waals surface area (Å²) < 4.78 is 10.6. The number of carbonyl (C=O) groups excluding carboxylic acids is 1. The van der Waals surface area contributed by atoms with Crippen LogP contribution in [-0.2, 0) is 0 Å². The SMILES string of the molecule is Cc1cc2c(cc1C(=O)C1(CN)CCC1)OCO2. The van der Waals surface area contributed by atoms with Gasteiger partial charge in [-0.1, -0.05) is 6.42 Å². The second-order valence-electron chi connectivity index (χ2n) is 5.19. The van der Waals surface area contributed by atoms with Crippen LogP contribution in [0.15, 0.2) is 12.1 Å². The van der Waals surface area contributed by atoms with Gasteiger partial charge in [0.25, 0.3) is 0 Å². The highest BCUT2D eigenvalue weighted by Crippen LogP contribution is 2.44. The first kappa shape index (κ1) is 11.5. The molecule has 96 valence electrons. The van der Waals surface area contributed by atoms with E-state index < -0.39 is 0 Å². The van der Waals surface area contributed by atoms with E-state index in [1.807, 2.05) is 13.0 Å². The third-order valence-electron chi connectivity index (χ3n) is 4.15. The monoisotopic (exact) mass is 247 g/mol. The lowest BCUT2D eigenvalue weighted by molar-refractivity contribution is 0.0635. The van der Waals surface area contributed by atoms with Crippen LogP contribution in [-0.4, -0.2) is 19.1 Å². The van der Waals surface area contributed by atoms with Crippen LogP contribution in [0, 0.1) is 12.3 Å². The molecule has 1 heterocycles. The van der Waals surface area contributed by atoms with Crippen LogP contribution in [0.25, 0.3) is 0 Å². The Balaban J connectivity index is 1.99. The molecule has 3 rings (SSSR count). The first-order valence-corrected chi connectivity index (χ1v) is 6.31. The fraction of sp³-hybridized carbons (Fsp3) is 0.500. The Kier molecular flexibility index (Phi) is 2.55. The topological polar surface area (TPSA) is 61.6 Å². The summed E-state index contributed by atoms with van der Waals surface area (Å²) in [5, 5.41) is 0. The largest absolute Gasteiger partial charge is 0.454 e. The van der Waals surface area contributed by atoms with Gasteiger partial charge in [-0.3, -0.25) is 4.79 Å². The number of fused-ring (bicyclic) bond motifs is 1. The molecule has 1 aliphatic heterocycles. The summed E-state index contributed by atoms with van der Waals surface area (Å²) in [7, 11) is 0. The van der Waals surface area contributed by atoms with Crippen molar-refractivity contribution in [1.29, 1.82) is 0 Å². The summed E-state index contributed by atoms with van der Waals surface area (Å²) in [4.78, 5) is 12.6. The maximum Gasteiger partial charge on any atom is 0.231 e. The van der Waals surface area contributed by atoms with Crippen LogP contribution in [0.4, 0.5) is 0 Å². The van der Waals surface area contributed by atoms with E-state index in [2.05, 4.69) is 0 Å². The van der Waals surface area contributed by atoms with Crippen LogP contribution in [0.3, 0.4) is 0 Å². The average molecular weight is 247 g/mol. The van der Waals surface area contributed by atoms with Gasteiger partial charge >= 0.3 is 0 Å². The molecule has 2 aliphatic rings. The molecule has 0 aromatic heterocycles. The lowest BCUT2D eigenvalue weighted by Crippen LogP contribution is -2.44. The lowest BCUT2D eigenvalue weighted by atomic mass is 9.64. The number of ether oxygens (including phenoxy) is 2. The quantitative estimate of drug-likeness (QED) is 0.830. The van der Waals surface area contributed by atoms with Crippen molar-refractivity contribution in [3.63, 3.8) is 0 Å². The molecule has 0 spiro atoms. The van der Waals surface area contributed by atoms with Crippen molar-refractivity contribution in [3.8, 4) is 11.5 Å². The number of hydrogen-bond acceptors (Lipinski definition) is 4. The van der Waals surface area contributed by atoms with Crippen molar-refractivity contribution in [2.45, 2.75) is 26.2 Å². The number of benzene rings is 1. The van der Waals surface area contributed by atoms with Gasteiger partial charge < -0.3 is 15.2 Å². The molecule has 4 heteroatoms. The molecule has 0 atom stereocenters. The van der Waals surface area contributed by atoms with Gasteiger partial charge in [-0.25, -0.2) is 0 Å². The second kappa shape index (κ2) is 3.99. The van der Waals surface area contributed by atoms with Gasteiger partial charge in [-0.15, -0.1) is 0 Å². The van der Waals surface area contributed by atoms with Gasteiger partial charge in [0.1, 0.15) is 0 Å². The number of Topliss-reactive ketones (excluding diaryl/α,β-unsaturated/α-hetero) is 1. The van der Waals surface area contributed by atoms with Gasteiger partial charge in [0.05, 0.1) is 0 Å². The highest BCUT2D eigenvalue weighted by molar-refractivity contribution is 6.03. The van der Waals surface area contributed by atoms with Gasteiger partial charge in [-0.2, -0.15) is 0 Å². The smallest absolute Gasteiger partial charge is 0.231 e. The fourth-order valence-electron chi connectivity index (χ4n) is 2.70. The molecule has 2 N–H and O–H groups in total. The first-order chi connectivity index (χ1) is 8.66. The van der Waals surface area contributed by atoms with Crippen molar-refractivity contribution in [3.05, 3.63) is 23.3 Å². The van der Waals surface area contributed by atoms with E-state index in [0.29, 0.717) is 12.3 Å². The summed E-state index contributed by atoms with van der Waals surface area (Å²) in [6.07, 6.45) is 2.89. The predicted molar refractivity (Wildman–Crippen MR) is 67.0 cm³/mol. The zero-order valence-electron chi connectivity index (χ0n) is 10.5. The molecule has 18 heavy (non-hydrogen) atoms. The van der Waals surface area contributed by atoms with E-state index in [1.165, 1.54) is 0 Å². The van der Waals surface area contributed by atoms with E-state index >= 15 is 0 Å². The predicted octanol–water partition coefficient (Wildman–Crippen LogP) is 2.04. The maximum atomic E-state index is 12.6. The molecule has 1 fully saturated rings. The summed E-state index contributed by atoms with van der Waals surface area (Å²) in [6, 6.07) is 3.67. The van der Waals surface area contributed by atoms with E-state index in [0.717, 1.165) is 36.1 Å². The lowest BCUT2D eigenvalue weighted by Gasteiger charge is -2.39. The normalized spacial score (nSPS) is 19.4. The number of aryl methyl sites for hydroxylation is 1. The zero-order valence-corrected chi connectivity index (χ0v) is 10.5. The van der Waals surface area contributed by atoms with Gasteiger partial charge in [0.15, 0.2) is 17.3 Å². The molecular weight excluding hydrogens is 230 g/mol. The van der Waals surface area contributed by atoms with Crippen molar-refractivity contribution in [2.24, 2.45) is 11.1 Å². The Labute approximate surface area is 106 Å². The summed E-state index contributed by atoms with van der Waals surface area (Å²) in [6.45, 7) is 2.59. The molecule has 0 amide bonds. The van der Waals surface area contributed by atoms with E-state index in [4.69, 9.17) is 15.2 Å². The first-order valence-electron chi connectivity index (χ1n) is 6.31. The third-order valence-corrected chi connectivity index (χ3v) is 4.15. The molecule has 0 saturated heterocycles. The van der Waals surface area contributed by atoms with Gasteiger partial charge in [-0.05, 0) is 37.5 Å². The number of ketones is 1. The maximum absolute atomic E-state index is 12.6. The van der Waals surface area contributed by atoms with Crippen LogP contribution < -0.4 is 15.2 Å². The molecular formula is C14H17NO3. The molecule has 1 aliphatic carbocycles. The number of rotatable bonds is 3. The average Bonchev–Trinajstić information content (AvgIpc) is 2.74. The minimum atomic E-state index is -0.335. The molecule has 1 aromatic carbocycles. The Hall–Kier alpha value is -1.55.